The first kappa shape index (κ1) is 38.5. The average Bonchev–Trinajstić information content (AvgIpc) is 2.71. The molecule has 40 heavy (non-hydrogen) atoms. The van der Waals surface area contributed by atoms with E-state index in [-0.39, 0.29) is 0 Å². The lowest BCUT2D eigenvalue weighted by Gasteiger charge is -2.45. The molecule has 28 heteroatoms. The van der Waals surface area contributed by atoms with E-state index in [0.717, 1.165) is 0 Å². The van der Waals surface area contributed by atoms with Gasteiger partial charge in [0.25, 0.3) is 0 Å². The summed E-state index contributed by atoms with van der Waals surface area (Å²) in [5, 5.41) is 0. The van der Waals surface area contributed by atoms with Crippen LogP contribution in [0.4, 0.5) is 118 Å². The summed E-state index contributed by atoms with van der Waals surface area (Å²) in [5.74, 6) is -93.4. The normalized spacial score (nSPS) is 17.1. The molecule has 242 valence electrons. The zero-order valence-electron chi connectivity index (χ0n) is 16.7. The molecule has 0 rings (SSSR count). The van der Waals surface area contributed by atoms with Crippen LogP contribution in [0.15, 0.2) is 0 Å². The Morgan fingerprint density at radius 2 is 0.375 bits per heavy atom. The van der Waals surface area contributed by atoms with Crippen LogP contribution in [-0.4, -0.2) is 71.1 Å². The van der Waals surface area contributed by atoms with E-state index in [1.807, 2.05) is 0 Å². The highest BCUT2D eigenvalue weighted by molar-refractivity contribution is 7.47. The molecule has 0 N–H and O–H groups in total. The molecule has 0 aliphatic carbocycles. The quantitative estimate of drug-likeness (QED) is 0.150. The fourth-order valence-electron chi connectivity index (χ4n) is 2.05. The second kappa shape index (κ2) is 9.27. The first-order valence-corrected chi connectivity index (χ1v) is 9.16. The largest absolute Gasteiger partial charge is 0.460 e. The summed E-state index contributed by atoms with van der Waals surface area (Å²) in [6.45, 7) is 0. The van der Waals surface area contributed by atoms with Gasteiger partial charge in [-0.05, 0) is 0 Å². The van der Waals surface area contributed by atoms with E-state index in [4.69, 9.17) is 0 Å². The lowest BCUT2D eigenvalue weighted by atomic mass is 9.85. The Hall–Kier alpha value is -1.46. The summed E-state index contributed by atoms with van der Waals surface area (Å²) in [6.07, 6.45) is -8.21. The second-order valence-corrected chi connectivity index (χ2v) is 8.04. The van der Waals surface area contributed by atoms with Crippen molar-refractivity contribution in [2.24, 2.45) is 0 Å². The Kier molecular flexibility index (Phi) is 8.93. The molecule has 0 aromatic heterocycles. The van der Waals surface area contributed by atoms with Gasteiger partial charge in [-0.15, -0.1) is 0 Å². The average molecular weight is 688 g/mol. The van der Waals surface area contributed by atoms with Crippen LogP contribution < -0.4 is 0 Å². The fraction of sp³-hybridized carbons (Fsp3) is 1.00. The molecule has 0 nitrogen and oxygen atoms in total. The molecular formula is C12F27P. The van der Waals surface area contributed by atoms with E-state index in [1.165, 1.54) is 0 Å². The van der Waals surface area contributed by atoms with Gasteiger partial charge < -0.3 is 0 Å². The minimum Gasteiger partial charge on any atom is -0.192 e. The van der Waals surface area contributed by atoms with Crippen LogP contribution in [-0.2, 0) is 0 Å². The number of rotatable bonds is 11. The van der Waals surface area contributed by atoms with Gasteiger partial charge in [-0.1, -0.05) is 0 Å². The van der Waals surface area contributed by atoms with Crippen molar-refractivity contribution in [3.63, 3.8) is 0 Å². The topological polar surface area (TPSA) is 0 Å². The van der Waals surface area contributed by atoms with Crippen molar-refractivity contribution in [3.8, 4) is 0 Å². The summed E-state index contributed by atoms with van der Waals surface area (Å²) >= 11 is 0. The molecule has 0 aliphatic heterocycles. The Bertz CT molecular complexity index is 920. The summed E-state index contributed by atoms with van der Waals surface area (Å²) in [6, 6.07) is 0. The van der Waals surface area contributed by atoms with Crippen molar-refractivity contribution in [2.45, 2.75) is 71.1 Å². The van der Waals surface area contributed by atoms with Crippen LogP contribution in [0.2, 0.25) is 0 Å². The molecule has 0 amide bonds. The Balaban J connectivity index is 7.35. The number of hydrogen-bond donors (Lipinski definition) is 0. The Labute approximate surface area is 199 Å². The number of hydrogen-bond acceptors (Lipinski definition) is 0. The zero-order chi connectivity index (χ0) is 33.6. The summed E-state index contributed by atoms with van der Waals surface area (Å²) < 4.78 is 349. The Morgan fingerprint density at radius 3 is 0.525 bits per heavy atom. The molecule has 0 spiro atoms. The van der Waals surface area contributed by atoms with E-state index in [9.17, 15) is 118 Å². The van der Waals surface area contributed by atoms with Crippen LogP contribution in [0.25, 0.3) is 0 Å². The van der Waals surface area contributed by atoms with Crippen LogP contribution in [0.1, 0.15) is 0 Å². The van der Waals surface area contributed by atoms with Crippen LogP contribution in [0, 0.1) is 0 Å². The molecule has 0 radical (unpaired) electrons. The predicted octanol–water partition coefficient (Wildman–Crippen LogP) is 9.75. The smallest absolute Gasteiger partial charge is 0.192 e. The minimum atomic E-state index is -9.72. The van der Waals surface area contributed by atoms with Gasteiger partial charge in [-0.25, -0.2) is 0 Å². The number of alkyl halides is 25. The monoisotopic (exact) mass is 688 g/mol. The van der Waals surface area contributed by atoms with Crippen LogP contribution in [0.3, 0.4) is 0 Å². The lowest BCUT2D eigenvalue weighted by molar-refractivity contribution is -0.480. The van der Waals surface area contributed by atoms with Gasteiger partial charge in [0.15, 0.2) is 0 Å². The summed E-state index contributed by atoms with van der Waals surface area (Å²) in [7, 11) is -7.04. The van der Waals surface area contributed by atoms with Gasteiger partial charge in [-0.2, -0.15) is 118 Å². The van der Waals surface area contributed by atoms with Crippen molar-refractivity contribution in [1.29, 1.82) is 0 Å². The molecule has 0 atom stereocenters. The molecule has 0 aliphatic rings. The van der Waals surface area contributed by atoms with E-state index in [0.29, 0.717) is 0 Å². The molecule has 0 aromatic carbocycles. The first-order chi connectivity index (χ1) is 16.7. The third kappa shape index (κ3) is 4.31. The highest BCUT2D eigenvalue weighted by Crippen LogP contribution is 2.70. The molecular weight excluding hydrogens is 688 g/mol. The zero-order valence-corrected chi connectivity index (χ0v) is 17.5. The highest BCUT2D eigenvalue weighted by atomic mass is 31.2. The first-order valence-electron chi connectivity index (χ1n) is 8.04. The third-order valence-corrected chi connectivity index (χ3v) is 5.20. The van der Waals surface area contributed by atoms with E-state index >= 15 is 0 Å². The van der Waals surface area contributed by atoms with Crippen molar-refractivity contribution >= 4 is 8.54 Å². The van der Waals surface area contributed by atoms with Crippen molar-refractivity contribution in [3.05, 3.63) is 0 Å². The predicted molar refractivity (Wildman–Crippen MR) is 69.6 cm³/mol. The second-order valence-electron chi connectivity index (χ2n) is 7.02. The van der Waals surface area contributed by atoms with Gasteiger partial charge in [-0.3, -0.25) is 0 Å². The van der Waals surface area contributed by atoms with Gasteiger partial charge in [0.2, 0.25) is 0 Å². The van der Waals surface area contributed by atoms with E-state index in [2.05, 4.69) is 0 Å². The highest BCUT2D eigenvalue weighted by Gasteiger charge is 2.99. The fourth-order valence-corrected chi connectivity index (χ4v) is 2.40. The molecule has 0 unspecified atom stereocenters. The SMILES string of the molecule is FP(F)C(F)(F)C(F)(F)C(F)(F)C(F)(F)C(F)(F)C(F)(F)C(F)(F)C(F)(F)C(F)(F)C(F)(F)C(F)(F)C(F)(F)F. The summed E-state index contributed by atoms with van der Waals surface area (Å²) in [4.78, 5) is 0. The maximum absolute atomic E-state index is 13.4. The Morgan fingerprint density at radius 1 is 0.225 bits per heavy atom. The van der Waals surface area contributed by atoms with Gasteiger partial charge in [0, 0.05) is 0 Å². The van der Waals surface area contributed by atoms with Crippen molar-refractivity contribution < 1.29 is 118 Å². The standard InChI is InChI=1S/C12F27P/c13-1(14,3(17,18)5(21,22)7(25,26)9(29,30)11(33,34)35)2(15,16)4(19,20)6(23,24)8(27,28)10(31,32)12(36,37)40(38)39. The maximum Gasteiger partial charge on any atom is 0.460 e. The molecule has 0 bridgehead atoms. The van der Waals surface area contributed by atoms with Gasteiger partial charge in [0.1, 0.15) is 0 Å². The molecule has 0 heterocycles. The van der Waals surface area contributed by atoms with Crippen LogP contribution in [0.5, 0.6) is 0 Å². The van der Waals surface area contributed by atoms with E-state index < -0.39 is 79.6 Å². The minimum absolute atomic E-state index is 7.04. The van der Waals surface area contributed by atoms with Gasteiger partial charge in [0.05, 0.1) is 0 Å². The van der Waals surface area contributed by atoms with Crippen molar-refractivity contribution in [2.75, 3.05) is 0 Å². The molecule has 0 fully saturated rings. The van der Waals surface area contributed by atoms with Crippen molar-refractivity contribution in [1.82, 2.24) is 0 Å². The van der Waals surface area contributed by atoms with Crippen LogP contribution >= 0.6 is 8.54 Å². The molecule has 0 aromatic rings. The summed E-state index contributed by atoms with van der Waals surface area (Å²) in [5.41, 5.74) is -7.95. The third-order valence-electron chi connectivity index (χ3n) is 4.50. The number of halogens is 27. The molecule has 0 saturated carbocycles. The maximum atomic E-state index is 13.4. The van der Waals surface area contributed by atoms with Gasteiger partial charge >= 0.3 is 79.6 Å². The lowest BCUT2D eigenvalue weighted by Crippen LogP contribution is -2.78. The van der Waals surface area contributed by atoms with E-state index in [1.54, 1.807) is 0 Å². The molecule has 0 saturated heterocycles.